The largest absolute Gasteiger partial charge is 0.398 e. The molecule has 2 rings (SSSR count). The Morgan fingerprint density at radius 3 is 2.53 bits per heavy atom. The standard InChI is InChI=1S/C15H15BrN2O/c1-10(11-6-3-2-4-7-11)18-15(19)12-8-5-9-13(17)14(12)16/h2-10H,17H2,1H3,(H,18,19)/t10-/m1/s1. The van der Waals surface area contributed by atoms with Crippen LogP contribution >= 0.6 is 15.9 Å². The van der Waals surface area contributed by atoms with Gasteiger partial charge in [0.25, 0.3) is 5.91 Å². The number of halogens is 1. The maximum absolute atomic E-state index is 12.2. The Kier molecular flexibility index (Phi) is 4.22. The molecule has 3 nitrogen and oxygen atoms in total. The van der Waals surface area contributed by atoms with Gasteiger partial charge in [-0.05, 0) is 40.5 Å². The summed E-state index contributed by atoms with van der Waals surface area (Å²) >= 11 is 3.34. The second-order valence-electron chi connectivity index (χ2n) is 4.31. The lowest BCUT2D eigenvalue weighted by Crippen LogP contribution is -2.27. The number of hydrogen-bond donors (Lipinski definition) is 2. The lowest BCUT2D eigenvalue weighted by Gasteiger charge is -2.15. The number of nitrogen functional groups attached to an aromatic ring is 1. The van der Waals surface area contributed by atoms with E-state index < -0.39 is 0 Å². The molecule has 0 radical (unpaired) electrons. The molecule has 19 heavy (non-hydrogen) atoms. The minimum Gasteiger partial charge on any atom is -0.398 e. The minimum absolute atomic E-state index is 0.0537. The number of rotatable bonds is 3. The van der Waals surface area contributed by atoms with Crippen LogP contribution in [0.3, 0.4) is 0 Å². The van der Waals surface area contributed by atoms with Gasteiger partial charge in [-0.15, -0.1) is 0 Å². The second kappa shape index (κ2) is 5.89. The van der Waals surface area contributed by atoms with Crippen molar-refractivity contribution in [3.05, 3.63) is 64.1 Å². The Morgan fingerprint density at radius 2 is 1.84 bits per heavy atom. The van der Waals surface area contributed by atoms with Gasteiger partial charge in [-0.1, -0.05) is 36.4 Å². The van der Waals surface area contributed by atoms with Crippen molar-refractivity contribution in [3.8, 4) is 0 Å². The van der Waals surface area contributed by atoms with Crippen molar-refractivity contribution in [1.82, 2.24) is 5.32 Å². The smallest absolute Gasteiger partial charge is 0.252 e. The molecule has 0 aromatic heterocycles. The monoisotopic (exact) mass is 318 g/mol. The van der Waals surface area contributed by atoms with E-state index in [4.69, 9.17) is 5.73 Å². The molecule has 0 fully saturated rings. The lowest BCUT2D eigenvalue weighted by atomic mass is 10.1. The van der Waals surface area contributed by atoms with Crippen molar-refractivity contribution in [2.75, 3.05) is 5.73 Å². The van der Waals surface area contributed by atoms with E-state index in [1.807, 2.05) is 37.3 Å². The third-order valence-corrected chi connectivity index (χ3v) is 3.81. The summed E-state index contributed by atoms with van der Waals surface area (Å²) in [5, 5.41) is 2.96. The molecule has 98 valence electrons. The van der Waals surface area contributed by atoms with Crippen LogP contribution in [-0.4, -0.2) is 5.91 Å². The van der Waals surface area contributed by atoms with E-state index in [-0.39, 0.29) is 11.9 Å². The van der Waals surface area contributed by atoms with E-state index in [1.54, 1.807) is 18.2 Å². The van der Waals surface area contributed by atoms with Gasteiger partial charge in [-0.3, -0.25) is 4.79 Å². The van der Waals surface area contributed by atoms with E-state index in [2.05, 4.69) is 21.2 Å². The number of carbonyl (C=O) groups excluding carboxylic acids is 1. The number of amides is 1. The van der Waals surface area contributed by atoms with E-state index in [1.165, 1.54) is 0 Å². The number of nitrogens with two attached hydrogens (primary N) is 1. The predicted octanol–water partition coefficient (Wildman–Crippen LogP) is 3.52. The van der Waals surface area contributed by atoms with Crippen LogP contribution in [-0.2, 0) is 0 Å². The Hall–Kier alpha value is -1.81. The Labute approximate surface area is 121 Å². The summed E-state index contributed by atoms with van der Waals surface area (Å²) in [5.74, 6) is -0.143. The fourth-order valence-corrected chi connectivity index (χ4v) is 2.27. The first-order valence-electron chi connectivity index (χ1n) is 5.99. The molecule has 0 aliphatic heterocycles. The lowest BCUT2D eigenvalue weighted by molar-refractivity contribution is 0.0939. The van der Waals surface area contributed by atoms with Gasteiger partial charge in [-0.25, -0.2) is 0 Å². The van der Waals surface area contributed by atoms with E-state index >= 15 is 0 Å². The molecule has 3 N–H and O–H groups in total. The quantitative estimate of drug-likeness (QED) is 0.851. The first-order valence-corrected chi connectivity index (χ1v) is 6.78. The van der Waals surface area contributed by atoms with Crippen LogP contribution in [0, 0.1) is 0 Å². The van der Waals surface area contributed by atoms with E-state index in [0.717, 1.165) is 5.56 Å². The highest BCUT2D eigenvalue weighted by Gasteiger charge is 2.14. The number of hydrogen-bond acceptors (Lipinski definition) is 2. The first kappa shape index (κ1) is 13.6. The third-order valence-electron chi connectivity index (χ3n) is 2.92. The molecule has 0 aliphatic carbocycles. The van der Waals surface area contributed by atoms with Crippen molar-refractivity contribution in [3.63, 3.8) is 0 Å². The highest BCUT2D eigenvalue weighted by Crippen LogP contribution is 2.24. The highest BCUT2D eigenvalue weighted by atomic mass is 79.9. The number of nitrogens with one attached hydrogen (secondary N) is 1. The van der Waals surface area contributed by atoms with Gasteiger partial charge in [0.2, 0.25) is 0 Å². The molecule has 4 heteroatoms. The predicted molar refractivity (Wildman–Crippen MR) is 80.9 cm³/mol. The van der Waals surface area contributed by atoms with Gasteiger partial charge in [0.05, 0.1) is 16.1 Å². The van der Waals surface area contributed by atoms with Crippen LogP contribution in [0.4, 0.5) is 5.69 Å². The number of carbonyl (C=O) groups is 1. The van der Waals surface area contributed by atoms with Crippen LogP contribution in [0.2, 0.25) is 0 Å². The van der Waals surface area contributed by atoms with E-state index in [0.29, 0.717) is 15.7 Å². The van der Waals surface area contributed by atoms with Crippen molar-refractivity contribution in [2.45, 2.75) is 13.0 Å². The van der Waals surface area contributed by atoms with Crippen LogP contribution < -0.4 is 11.1 Å². The van der Waals surface area contributed by atoms with Crippen molar-refractivity contribution >= 4 is 27.5 Å². The fourth-order valence-electron chi connectivity index (χ4n) is 1.82. The maximum atomic E-state index is 12.2. The molecule has 1 amide bonds. The average Bonchev–Trinajstić information content (AvgIpc) is 2.42. The summed E-state index contributed by atoms with van der Waals surface area (Å²) in [6.45, 7) is 1.95. The van der Waals surface area contributed by atoms with Gasteiger partial charge >= 0.3 is 0 Å². The second-order valence-corrected chi connectivity index (χ2v) is 5.11. The van der Waals surface area contributed by atoms with Crippen LogP contribution in [0.1, 0.15) is 28.9 Å². The summed E-state index contributed by atoms with van der Waals surface area (Å²) in [7, 11) is 0. The van der Waals surface area contributed by atoms with Crippen molar-refractivity contribution in [2.24, 2.45) is 0 Å². The van der Waals surface area contributed by atoms with Gasteiger partial charge in [0, 0.05) is 5.69 Å². The molecular weight excluding hydrogens is 304 g/mol. The van der Waals surface area contributed by atoms with Gasteiger partial charge in [0.1, 0.15) is 0 Å². The Bertz CT molecular complexity index is 584. The molecule has 0 saturated carbocycles. The van der Waals surface area contributed by atoms with Crippen LogP contribution in [0.25, 0.3) is 0 Å². The summed E-state index contributed by atoms with van der Waals surface area (Å²) in [4.78, 5) is 12.2. The third kappa shape index (κ3) is 3.15. The molecule has 0 heterocycles. The van der Waals surface area contributed by atoms with Crippen LogP contribution in [0.15, 0.2) is 53.0 Å². The molecule has 0 bridgehead atoms. The highest BCUT2D eigenvalue weighted by molar-refractivity contribution is 9.10. The molecule has 0 saturated heterocycles. The summed E-state index contributed by atoms with van der Waals surface area (Å²) < 4.78 is 0.632. The first-order chi connectivity index (χ1) is 9.09. The molecule has 2 aromatic rings. The Morgan fingerprint density at radius 1 is 1.16 bits per heavy atom. The topological polar surface area (TPSA) is 55.1 Å². The SMILES string of the molecule is C[C@@H](NC(=O)c1cccc(N)c1Br)c1ccccc1. The summed E-state index contributed by atoms with van der Waals surface area (Å²) in [5.41, 5.74) is 7.94. The minimum atomic E-state index is -0.143. The van der Waals surface area contributed by atoms with Crippen LogP contribution in [0.5, 0.6) is 0 Å². The molecular formula is C15H15BrN2O. The zero-order valence-corrected chi connectivity index (χ0v) is 12.1. The van der Waals surface area contributed by atoms with E-state index in [9.17, 15) is 4.79 Å². The van der Waals surface area contributed by atoms with Crippen molar-refractivity contribution < 1.29 is 4.79 Å². The number of anilines is 1. The molecule has 0 aliphatic rings. The molecule has 0 unspecified atom stereocenters. The van der Waals surface area contributed by atoms with Gasteiger partial charge < -0.3 is 11.1 Å². The Balaban J connectivity index is 2.16. The molecule has 0 spiro atoms. The molecule has 2 aromatic carbocycles. The molecule has 1 atom stereocenters. The maximum Gasteiger partial charge on any atom is 0.252 e. The fraction of sp³-hybridized carbons (Fsp3) is 0.133. The summed E-state index contributed by atoms with van der Waals surface area (Å²) in [6.07, 6.45) is 0. The average molecular weight is 319 g/mol. The number of benzene rings is 2. The normalized spacial score (nSPS) is 11.9. The zero-order valence-electron chi connectivity index (χ0n) is 10.6. The summed E-state index contributed by atoms with van der Waals surface area (Å²) in [6, 6.07) is 15.0. The van der Waals surface area contributed by atoms with Gasteiger partial charge in [-0.2, -0.15) is 0 Å². The van der Waals surface area contributed by atoms with Gasteiger partial charge in [0.15, 0.2) is 0 Å². The zero-order chi connectivity index (χ0) is 13.8. The van der Waals surface area contributed by atoms with Crippen molar-refractivity contribution in [1.29, 1.82) is 0 Å².